The summed E-state index contributed by atoms with van der Waals surface area (Å²) in [6.07, 6.45) is 3.91. The second kappa shape index (κ2) is 6.56. The van der Waals surface area contributed by atoms with E-state index in [1.54, 1.807) is 18.2 Å². The molecule has 1 atom stereocenters. The smallest absolute Gasteiger partial charge is 0.237 e. The number of nitrogens with zero attached hydrogens (tertiary/aromatic N) is 1. The minimum absolute atomic E-state index is 0.0735. The second-order valence-electron chi connectivity index (χ2n) is 4.52. The molecule has 2 rings (SSSR count). The Morgan fingerprint density at radius 2 is 2.50 bits per heavy atom. The summed E-state index contributed by atoms with van der Waals surface area (Å²) < 4.78 is 10.9. The first-order chi connectivity index (χ1) is 8.79. The van der Waals surface area contributed by atoms with Crippen LogP contribution in [0.5, 0.6) is 0 Å². The Morgan fingerprint density at radius 3 is 3.11 bits per heavy atom. The van der Waals surface area contributed by atoms with Crippen molar-refractivity contribution in [1.29, 1.82) is 0 Å². The minimum Gasteiger partial charge on any atom is -0.467 e. The van der Waals surface area contributed by atoms with E-state index in [-0.39, 0.29) is 12.0 Å². The van der Waals surface area contributed by atoms with E-state index >= 15 is 0 Å². The van der Waals surface area contributed by atoms with Crippen molar-refractivity contribution in [3.05, 3.63) is 24.2 Å². The van der Waals surface area contributed by atoms with Gasteiger partial charge in [-0.05, 0) is 32.0 Å². The molecule has 0 radical (unpaired) electrons. The van der Waals surface area contributed by atoms with E-state index in [1.165, 1.54) is 0 Å². The SMILES string of the molecule is CNCC(=O)N(Cc1ccco1)CC1CCCO1. The normalized spacial score (nSPS) is 19.1. The van der Waals surface area contributed by atoms with Gasteiger partial charge in [0.1, 0.15) is 5.76 Å². The quantitative estimate of drug-likeness (QED) is 0.821. The Morgan fingerprint density at radius 1 is 1.61 bits per heavy atom. The van der Waals surface area contributed by atoms with E-state index in [0.717, 1.165) is 25.2 Å². The molecule has 1 N–H and O–H groups in total. The van der Waals surface area contributed by atoms with Crippen LogP contribution in [-0.4, -0.2) is 43.7 Å². The first-order valence-corrected chi connectivity index (χ1v) is 6.36. The molecule has 1 aliphatic rings. The highest BCUT2D eigenvalue weighted by atomic mass is 16.5. The monoisotopic (exact) mass is 252 g/mol. The van der Waals surface area contributed by atoms with Crippen LogP contribution >= 0.6 is 0 Å². The molecule has 5 nitrogen and oxygen atoms in total. The lowest BCUT2D eigenvalue weighted by Gasteiger charge is -2.24. The fourth-order valence-electron chi connectivity index (χ4n) is 2.14. The number of nitrogens with one attached hydrogen (secondary N) is 1. The molecular weight excluding hydrogens is 232 g/mol. The molecular formula is C13H20N2O3. The molecule has 1 aromatic heterocycles. The summed E-state index contributed by atoms with van der Waals surface area (Å²) in [4.78, 5) is 13.8. The van der Waals surface area contributed by atoms with Gasteiger partial charge >= 0.3 is 0 Å². The summed E-state index contributed by atoms with van der Waals surface area (Å²) in [7, 11) is 1.77. The molecule has 2 heterocycles. The maximum atomic E-state index is 12.0. The lowest BCUT2D eigenvalue weighted by atomic mass is 10.2. The van der Waals surface area contributed by atoms with Gasteiger partial charge in [0.05, 0.1) is 25.5 Å². The highest BCUT2D eigenvalue weighted by Gasteiger charge is 2.22. The molecule has 0 saturated carbocycles. The van der Waals surface area contributed by atoms with Crippen molar-refractivity contribution in [2.45, 2.75) is 25.5 Å². The van der Waals surface area contributed by atoms with Crippen molar-refractivity contribution in [2.24, 2.45) is 0 Å². The molecule has 1 unspecified atom stereocenters. The van der Waals surface area contributed by atoms with E-state index in [9.17, 15) is 4.79 Å². The summed E-state index contributed by atoms with van der Waals surface area (Å²) in [5, 5.41) is 2.89. The number of amides is 1. The van der Waals surface area contributed by atoms with E-state index < -0.39 is 0 Å². The van der Waals surface area contributed by atoms with Gasteiger partial charge in [0.25, 0.3) is 0 Å². The molecule has 1 aromatic rings. The third-order valence-corrected chi connectivity index (χ3v) is 3.06. The van der Waals surface area contributed by atoms with Gasteiger partial charge in [0, 0.05) is 13.2 Å². The summed E-state index contributed by atoms with van der Waals surface area (Å²) in [6, 6.07) is 3.72. The predicted octanol–water partition coefficient (Wildman–Crippen LogP) is 1.01. The molecule has 1 saturated heterocycles. The molecule has 1 amide bonds. The number of rotatable bonds is 6. The maximum Gasteiger partial charge on any atom is 0.237 e. The van der Waals surface area contributed by atoms with Crippen LogP contribution in [0, 0.1) is 0 Å². The fourth-order valence-corrected chi connectivity index (χ4v) is 2.14. The summed E-state index contributed by atoms with van der Waals surface area (Å²) in [5.41, 5.74) is 0. The van der Waals surface area contributed by atoms with Crippen LogP contribution in [0.3, 0.4) is 0 Å². The fraction of sp³-hybridized carbons (Fsp3) is 0.615. The largest absolute Gasteiger partial charge is 0.467 e. The highest BCUT2D eigenvalue weighted by Crippen LogP contribution is 2.15. The van der Waals surface area contributed by atoms with Gasteiger partial charge in [0.15, 0.2) is 0 Å². The molecule has 18 heavy (non-hydrogen) atoms. The Kier molecular flexibility index (Phi) is 4.78. The van der Waals surface area contributed by atoms with Crippen LogP contribution in [0.2, 0.25) is 0 Å². The first kappa shape index (κ1) is 13.1. The Bertz CT molecular complexity index is 358. The molecule has 1 fully saturated rings. The van der Waals surface area contributed by atoms with Gasteiger partial charge in [0.2, 0.25) is 5.91 Å². The van der Waals surface area contributed by atoms with E-state index in [4.69, 9.17) is 9.15 Å². The van der Waals surface area contributed by atoms with Crippen LogP contribution in [0.1, 0.15) is 18.6 Å². The number of hydrogen-bond donors (Lipinski definition) is 1. The Labute approximate surface area is 107 Å². The molecule has 0 aromatic carbocycles. The third kappa shape index (κ3) is 3.58. The van der Waals surface area contributed by atoms with E-state index in [2.05, 4.69) is 5.32 Å². The zero-order valence-corrected chi connectivity index (χ0v) is 10.7. The van der Waals surface area contributed by atoms with Crippen LogP contribution in [-0.2, 0) is 16.1 Å². The number of likely N-dealkylation sites (N-methyl/N-ethyl adjacent to an activating group) is 1. The first-order valence-electron chi connectivity index (χ1n) is 6.36. The van der Waals surface area contributed by atoms with Gasteiger partial charge in [-0.3, -0.25) is 4.79 Å². The van der Waals surface area contributed by atoms with Crippen LogP contribution in [0.4, 0.5) is 0 Å². The van der Waals surface area contributed by atoms with Gasteiger partial charge in [-0.1, -0.05) is 0 Å². The maximum absolute atomic E-state index is 12.0. The lowest BCUT2D eigenvalue weighted by Crippen LogP contribution is -2.41. The highest BCUT2D eigenvalue weighted by molar-refractivity contribution is 5.78. The van der Waals surface area contributed by atoms with E-state index in [0.29, 0.717) is 19.6 Å². The number of carbonyl (C=O) groups excluding carboxylic acids is 1. The number of carbonyl (C=O) groups is 1. The van der Waals surface area contributed by atoms with Crippen LogP contribution in [0.15, 0.2) is 22.8 Å². The van der Waals surface area contributed by atoms with Gasteiger partial charge < -0.3 is 19.4 Å². The molecule has 5 heteroatoms. The Balaban J connectivity index is 1.94. The van der Waals surface area contributed by atoms with Gasteiger partial charge in [-0.2, -0.15) is 0 Å². The molecule has 100 valence electrons. The molecule has 0 bridgehead atoms. The second-order valence-corrected chi connectivity index (χ2v) is 4.52. The van der Waals surface area contributed by atoms with Gasteiger partial charge in [-0.25, -0.2) is 0 Å². The van der Waals surface area contributed by atoms with Crippen molar-refractivity contribution < 1.29 is 13.9 Å². The van der Waals surface area contributed by atoms with Crippen molar-refractivity contribution in [3.8, 4) is 0 Å². The third-order valence-electron chi connectivity index (χ3n) is 3.06. The molecule has 1 aliphatic heterocycles. The minimum atomic E-state index is 0.0735. The zero-order chi connectivity index (χ0) is 12.8. The standard InChI is InChI=1S/C13H20N2O3/c1-14-8-13(16)15(9-11-4-2-6-17-11)10-12-5-3-7-18-12/h2,4,6,12,14H,3,5,7-10H2,1H3. The molecule has 0 spiro atoms. The average Bonchev–Trinajstić information content (AvgIpc) is 3.01. The zero-order valence-electron chi connectivity index (χ0n) is 10.7. The average molecular weight is 252 g/mol. The molecule has 0 aliphatic carbocycles. The van der Waals surface area contributed by atoms with Crippen LogP contribution < -0.4 is 5.32 Å². The topological polar surface area (TPSA) is 54.7 Å². The number of furan rings is 1. The van der Waals surface area contributed by atoms with E-state index in [1.807, 2.05) is 12.1 Å². The van der Waals surface area contributed by atoms with Crippen molar-refractivity contribution >= 4 is 5.91 Å². The summed E-state index contributed by atoms with van der Waals surface area (Å²) >= 11 is 0. The Hall–Kier alpha value is -1.33. The van der Waals surface area contributed by atoms with Crippen molar-refractivity contribution in [3.63, 3.8) is 0 Å². The van der Waals surface area contributed by atoms with Crippen molar-refractivity contribution in [1.82, 2.24) is 10.2 Å². The predicted molar refractivity (Wildman–Crippen MR) is 67.0 cm³/mol. The summed E-state index contributed by atoms with van der Waals surface area (Å²) in [5.74, 6) is 0.877. The van der Waals surface area contributed by atoms with Crippen molar-refractivity contribution in [2.75, 3.05) is 26.7 Å². The number of hydrogen-bond acceptors (Lipinski definition) is 4. The number of ether oxygens (including phenoxy) is 1. The summed E-state index contributed by atoms with van der Waals surface area (Å²) in [6.45, 7) is 2.29. The van der Waals surface area contributed by atoms with Gasteiger partial charge in [-0.15, -0.1) is 0 Å². The van der Waals surface area contributed by atoms with Crippen LogP contribution in [0.25, 0.3) is 0 Å². The lowest BCUT2D eigenvalue weighted by molar-refractivity contribution is -0.132.